The van der Waals surface area contributed by atoms with Gasteiger partial charge in [-0.15, -0.1) is 11.3 Å². The van der Waals surface area contributed by atoms with Crippen LogP contribution in [0, 0.1) is 0 Å². The van der Waals surface area contributed by atoms with E-state index in [2.05, 4.69) is 15.0 Å². The third-order valence-corrected chi connectivity index (χ3v) is 4.22. The molecular weight excluding hydrogens is 362 g/mol. The number of nitrogens with zero attached hydrogens (tertiary/aromatic N) is 3. The Kier molecular flexibility index (Phi) is 6.21. The first-order valence-corrected chi connectivity index (χ1v) is 8.83. The highest BCUT2D eigenvalue weighted by atomic mass is 32.1. The Morgan fingerprint density at radius 2 is 1.81 bits per heavy atom. The Balaban J connectivity index is 2.07. The Morgan fingerprint density at radius 1 is 1.00 bits per heavy atom. The van der Waals surface area contributed by atoms with Crippen LogP contribution in [-0.2, 0) is 4.79 Å². The molecule has 0 fully saturated rings. The van der Waals surface area contributed by atoms with Gasteiger partial charge < -0.3 is 9.84 Å². The fourth-order valence-corrected chi connectivity index (χ4v) is 3.00. The van der Waals surface area contributed by atoms with Crippen LogP contribution in [0.25, 0.3) is 16.3 Å². The zero-order valence-electron chi connectivity index (χ0n) is 14.1. The third kappa shape index (κ3) is 4.96. The van der Waals surface area contributed by atoms with Crippen molar-refractivity contribution in [2.24, 2.45) is 4.99 Å². The maximum Gasteiger partial charge on any atom is 0.371 e. The summed E-state index contributed by atoms with van der Waals surface area (Å²) < 4.78 is 5.59. The van der Waals surface area contributed by atoms with Crippen molar-refractivity contribution in [3.8, 4) is 5.88 Å². The van der Waals surface area contributed by atoms with Crippen molar-refractivity contribution >= 4 is 39.8 Å². The van der Waals surface area contributed by atoms with Crippen LogP contribution in [0.15, 0.2) is 83.3 Å². The van der Waals surface area contributed by atoms with Gasteiger partial charge in [-0.2, -0.15) is 0 Å². The van der Waals surface area contributed by atoms with E-state index in [-0.39, 0.29) is 11.6 Å². The molecule has 3 rings (SSSR count). The highest BCUT2D eigenvalue weighted by molar-refractivity contribution is 7.17. The fourth-order valence-electron chi connectivity index (χ4n) is 2.13. The van der Waals surface area contributed by atoms with Gasteiger partial charge in [-0.25, -0.2) is 14.8 Å². The second kappa shape index (κ2) is 9.21. The minimum Gasteiger partial charge on any atom is -0.475 e. The lowest BCUT2D eigenvalue weighted by Gasteiger charge is -2.06. The first-order valence-electron chi connectivity index (χ1n) is 7.96. The number of carboxylic acids is 1. The molecule has 2 aromatic heterocycles. The van der Waals surface area contributed by atoms with Gasteiger partial charge in [-0.3, -0.25) is 4.99 Å². The van der Waals surface area contributed by atoms with Gasteiger partial charge in [-0.05, 0) is 18.2 Å². The summed E-state index contributed by atoms with van der Waals surface area (Å²) in [5.74, 6) is -1.22. The normalized spacial score (nSPS) is 23.6. The average Bonchev–Trinajstić information content (AvgIpc) is 3.07. The van der Waals surface area contributed by atoms with E-state index in [0.29, 0.717) is 10.2 Å². The van der Waals surface area contributed by atoms with E-state index in [4.69, 9.17) is 4.74 Å². The number of aromatic nitrogens is 2. The predicted octanol–water partition coefficient (Wildman–Crippen LogP) is 4.32. The lowest BCUT2D eigenvalue weighted by atomic mass is 10.2. The number of aliphatic carboxylic acids is 1. The minimum atomic E-state index is -1.19. The van der Waals surface area contributed by atoms with Crippen molar-refractivity contribution < 1.29 is 14.6 Å². The number of hydrogen-bond donors (Lipinski definition) is 1. The molecule has 2 aromatic rings. The Hall–Kier alpha value is -3.58. The van der Waals surface area contributed by atoms with Crippen molar-refractivity contribution in [3.63, 3.8) is 0 Å². The maximum atomic E-state index is 11.5. The highest BCUT2D eigenvalue weighted by Gasteiger charge is 2.16. The molecule has 7 heteroatoms. The van der Waals surface area contributed by atoms with E-state index < -0.39 is 5.97 Å². The second-order valence-corrected chi connectivity index (χ2v) is 6.00. The van der Waals surface area contributed by atoms with Crippen molar-refractivity contribution in [3.05, 3.63) is 83.9 Å². The molecule has 0 saturated heterocycles. The van der Waals surface area contributed by atoms with E-state index in [9.17, 15) is 9.90 Å². The van der Waals surface area contributed by atoms with Gasteiger partial charge >= 0.3 is 5.97 Å². The summed E-state index contributed by atoms with van der Waals surface area (Å²) in [6.07, 6.45) is 22.0. The van der Waals surface area contributed by atoms with E-state index in [1.165, 1.54) is 23.7 Å². The van der Waals surface area contributed by atoms with Gasteiger partial charge in [0.1, 0.15) is 11.2 Å². The molecule has 0 saturated carbocycles. The zero-order valence-corrected chi connectivity index (χ0v) is 14.9. The highest BCUT2D eigenvalue weighted by Crippen LogP contribution is 2.32. The van der Waals surface area contributed by atoms with Crippen LogP contribution in [0.5, 0.6) is 5.88 Å². The van der Waals surface area contributed by atoms with Gasteiger partial charge in [0.25, 0.3) is 0 Å². The van der Waals surface area contributed by atoms with E-state index in [0.717, 1.165) is 5.56 Å². The van der Waals surface area contributed by atoms with Crippen LogP contribution in [0.2, 0.25) is 0 Å². The van der Waals surface area contributed by atoms with Crippen LogP contribution < -0.4 is 4.74 Å². The van der Waals surface area contributed by atoms with Gasteiger partial charge in [0, 0.05) is 23.4 Å². The first-order chi connectivity index (χ1) is 13.3. The van der Waals surface area contributed by atoms with Crippen molar-refractivity contribution in [1.29, 1.82) is 0 Å². The van der Waals surface area contributed by atoms with Crippen LogP contribution in [0.4, 0.5) is 0 Å². The smallest absolute Gasteiger partial charge is 0.371 e. The number of aliphatic imine (C=N–C) groups is 1. The van der Waals surface area contributed by atoms with Crippen LogP contribution in [-0.4, -0.2) is 27.3 Å². The second-order valence-electron chi connectivity index (χ2n) is 5.14. The fraction of sp³-hybridized carbons (Fsp3) is 0. The molecule has 6 nitrogen and oxygen atoms in total. The molecule has 134 valence electrons. The third-order valence-electron chi connectivity index (χ3n) is 3.32. The first kappa shape index (κ1) is 18.2. The Labute approximate surface area is 159 Å². The molecule has 0 spiro atoms. The number of thiophene rings is 1. The SMILES string of the molecule is O=C(O)/C1=C/C=C\C=C/C=C\N=C/C=C\C=C/c2csc3ncnc(c23)O1. The molecule has 0 bridgehead atoms. The van der Waals surface area contributed by atoms with Gasteiger partial charge in [0.15, 0.2) is 0 Å². The number of hydrogen-bond acceptors (Lipinski definition) is 6. The summed E-state index contributed by atoms with van der Waals surface area (Å²) in [4.78, 5) is 24.7. The molecule has 1 N–H and O–H groups in total. The monoisotopic (exact) mass is 377 g/mol. The topological polar surface area (TPSA) is 84.7 Å². The lowest BCUT2D eigenvalue weighted by Crippen LogP contribution is -2.08. The van der Waals surface area contributed by atoms with Gasteiger partial charge in [0.05, 0.1) is 5.39 Å². The maximum absolute atomic E-state index is 11.5. The van der Waals surface area contributed by atoms with Crippen LogP contribution >= 0.6 is 11.3 Å². The quantitative estimate of drug-likeness (QED) is 0.800. The number of allylic oxidation sites excluding steroid dienone is 9. The summed E-state index contributed by atoms with van der Waals surface area (Å²) in [6, 6.07) is 0. The van der Waals surface area contributed by atoms with Crippen molar-refractivity contribution in [2.75, 3.05) is 0 Å². The molecule has 1 aliphatic rings. The summed E-state index contributed by atoms with van der Waals surface area (Å²) in [5.41, 5.74) is 0.844. The molecule has 0 atom stereocenters. The van der Waals surface area contributed by atoms with Crippen LogP contribution in [0.3, 0.4) is 0 Å². The van der Waals surface area contributed by atoms with Crippen molar-refractivity contribution in [2.45, 2.75) is 0 Å². The summed E-state index contributed by atoms with van der Waals surface area (Å²) in [7, 11) is 0. The Bertz CT molecular complexity index is 1040. The zero-order chi connectivity index (χ0) is 18.9. The summed E-state index contributed by atoms with van der Waals surface area (Å²) >= 11 is 1.43. The van der Waals surface area contributed by atoms with E-state index in [1.54, 1.807) is 48.9 Å². The van der Waals surface area contributed by atoms with Gasteiger partial charge in [0.2, 0.25) is 11.6 Å². The lowest BCUT2D eigenvalue weighted by molar-refractivity contribution is -0.135. The number of carbonyl (C=O) groups is 1. The molecule has 1 aliphatic heterocycles. The molecule has 3 heterocycles. The molecule has 0 radical (unpaired) electrons. The average molecular weight is 377 g/mol. The molecule has 0 unspecified atom stereocenters. The largest absolute Gasteiger partial charge is 0.475 e. The summed E-state index contributed by atoms with van der Waals surface area (Å²) in [6.45, 7) is 0. The molecular formula is C20H15N3O3S. The van der Waals surface area contributed by atoms with Gasteiger partial charge in [-0.1, -0.05) is 42.5 Å². The standard InChI is InChI=1S/C20H15N3O3S/c24-20(25)16-10-6-2-1-3-7-11-21-12-8-4-5-9-15-13-27-19-17(15)18(26-16)22-14-23-19/h1-14H,(H,24,25)/b3-1-,6-2-,8-4-,9-5-,11-7-,16-10-,21-12-. The van der Waals surface area contributed by atoms with E-state index >= 15 is 0 Å². The minimum absolute atomic E-state index is 0.202. The van der Waals surface area contributed by atoms with Crippen molar-refractivity contribution in [1.82, 2.24) is 9.97 Å². The molecule has 0 aromatic carbocycles. The molecule has 0 amide bonds. The Morgan fingerprint density at radius 3 is 2.70 bits per heavy atom. The molecule has 0 aliphatic carbocycles. The summed E-state index contributed by atoms with van der Waals surface area (Å²) in [5, 5.41) is 12.0. The molecule has 27 heavy (non-hydrogen) atoms. The predicted molar refractivity (Wildman–Crippen MR) is 108 cm³/mol. The number of carboxylic acid groups (broad SMARTS) is 1. The number of ether oxygens (including phenoxy) is 1. The van der Waals surface area contributed by atoms with E-state index in [1.807, 2.05) is 23.6 Å². The van der Waals surface area contributed by atoms with Crippen LogP contribution in [0.1, 0.15) is 5.56 Å². The number of rotatable bonds is 1.